The molecule has 0 amide bonds. The molecule has 0 rings (SSSR count). The Balaban J connectivity index is 2.86. The van der Waals surface area contributed by atoms with E-state index in [4.69, 9.17) is 4.74 Å². The summed E-state index contributed by atoms with van der Waals surface area (Å²) in [7, 11) is 0. The molecule has 0 fully saturated rings. The summed E-state index contributed by atoms with van der Waals surface area (Å²) in [6.45, 7) is 4.26. The lowest BCUT2D eigenvalue weighted by Crippen LogP contribution is -1.99. The Bertz CT molecular complexity index is 110. The SMILES string of the molecule is CCCCCC[13CH2]COC(C)=O. The molecule has 0 aliphatic heterocycles. The van der Waals surface area contributed by atoms with Crippen LogP contribution in [0.5, 0.6) is 0 Å². The molecule has 0 aliphatic rings. The molecule has 0 radical (unpaired) electrons. The van der Waals surface area contributed by atoms with Crippen LogP contribution in [0.4, 0.5) is 0 Å². The van der Waals surface area contributed by atoms with E-state index in [0.717, 1.165) is 6.42 Å². The van der Waals surface area contributed by atoms with Gasteiger partial charge in [-0.2, -0.15) is 0 Å². The maximum absolute atomic E-state index is 10.4. The van der Waals surface area contributed by atoms with Gasteiger partial charge in [0.25, 0.3) is 0 Å². The number of rotatable bonds is 7. The van der Waals surface area contributed by atoms with Gasteiger partial charge in [0, 0.05) is 6.92 Å². The zero-order valence-electron chi connectivity index (χ0n) is 8.27. The number of hydrogen-bond donors (Lipinski definition) is 0. The Labute approximate surface area is 75.3 Å². The molecule has 2 heteroatoms. The number of unbranched alkanes of at least 4 members (excludes halogenated alkanes) is 5. The molecule has 0 aromatic heterocycles. The topological polar surface area (TPSA) is 26.3 Å². The molecular weight excluding hydrogens is 153 g/mol. The van der Waals surface area contributed by atoms with Crippen LogP contribution in [0.25, 0.3) is 0 Å². The summed E-state index contributed by atoms with van der Waals surface area (Å²) in [5, 5.41) is 0. The summed E-state index contributed by atoms with van der Waals surface area (Å²) < 4.78 is 4.81. The standard InChI is InChI=1S/C10H20O2/c1-3-4-5-6-7-8-9-12-10(2)11/h3-9H2,1-2H3/i8+1. The third-order valence-corrected chi connectivity index (χ3v) is 1.80. The molecule has 0 saturated heterocycles. The number of hydrogen-bond acceptors (Lipinski definition) is 2. The molecular formula is C10H20O2. The highest BCUT2D eigenvalue weighted by atomic mass is 16.5. The van der Waals surface area contributed by atoms with Gasteiger partial charge in [-0.1, -0.05) is 39.0 Å². The molecule has 0 saturated carbocycles. The van der Waals surface area contributed by atoms with Crippen LogP contribution in [0.15, 0.2) is 0 Å². The van der Waals surface area contributed by atoms with Crippen molar-refractivity contribution in [3.05, 3.63) is 0 Å². The average molecular weight is 173 g/mol. The van der Waals surface area contributed by atoms with E-state index in [1.54, 1.807) is 0 Å². The van der Waals surface area contributed by atoms with Crippen molar-refractivity contribution in [1.82, 2.24) is 0 Å². The maximum atomic E-state index is 10.4. The van der Waals surface area contributed by atoms with Gasteiger partial charge in [-0.3, -0.25) is 4.79 Å². The molecule has 0 aliphatic carbocycles. The highest BCUT2D eigenvalue weighted by Gasteiger charge is 1.92. The second-order valence-corrected chi connectivity index (χ2v) is 3.11. The minimum absolute atomic E-state index is 0.163. The quantitative estimate of drug-likeness (QED) is 0.336. The Morgan fingerprint density at radius 2 is 1.67 bits per heavy atom. The lowest BCUT2D eigenvalue weighted by Gasteiger charge is -2.01. The van der Waals surface area contributed by atoms with Crippen LogP contribution in [-0.2, 0) is 9.53 Å². The summed E-state index contributed by atoms with van der Waals surface area (Å²) >= 11 is 0. The summed E-state index contributed by atoms with van der Waals surface area (Å²) in [6, 6.07) is 0. The van der Waals surface area contributed by atoms with Gasteiger partial charge < -0.3 is 4.74 Å². The van der Waals surface area contributed by atoms with E-state index >= 15 is 0 Å². The van der Waals surface area contributed by atoms with Crippen LogP contribution in [0, 0.1) is 0 Å². The van der Waals surface area contributed by atoms with Gasteiger partial charge in [0.2, 0.25) is 0 Å². The van der Waals surface area contributed by atoms with Crippen molar-refractivity contribution in [2.24, 2.45) is 0 Å². The molecule has 12 heavy (non-hydrogen) atoms. The molecule has 0 N–H and O–H groups in total. The predicted molar refractivity (Wildman–Crippen MR) is 50.0 cm³/mol. The maximum Gasteiger partial charge on any atom is 0.302 e. The van der Waals surface area contributed by atoms with Crippen molar-refractivity contribution in [3.8, 4) is 0 Å². The highest BCUT2D eigenvalue weighted by Crippen LogP contribution is 2.04. The van der Waals surface area contributed by atoms with Crippen LogP contribution in [0.2, 0.25) is 0 Å². The van der Waals surface area contributed by atoms with Gasteiger partial charge in [-0.15, -0.1) is 0 Å². The molecule has 0 aromatic carbocycles. The lowest BCUT2D eigenvalue weighted by atomic mass is 10.2. The molecule has 0 aromatic rings. The van der Waals surface area contributed by atoms with Crippen molar-refractivity contribution >= 4 is 5.97 Å². The van der Waals surface area contributed by atoms with Crippen molar-refractivity contribution in [2.75, 3.05) is 6.61 Å². The first-order valence-corrected chi connectivity index (χ1v) is 4.90. The first-order valence-electron chi connectivity index (χ1n) is 4.90. The van der Waals surface area contributed by atoms with E-state index < -0.39 is 0 Å². The molecule has 0 heterocycles. The zero-order valence-corrected chi connectivity index (χ0v) is 8.27. The molecule has 0 atom stereocenters. The summed E-state index contributed by atoms with van der Waals surface area (Å²) in [5.41, 5.74) is 0. The fourth-order valence-electron chi connectivity index (χ4n) is 1.10. The van der Waals surface area contributed by atoms with E-state index in [2.05, 4.69) is 6.92 Å². The number of carbonyl (C=O) groups excluding carboxylic acids is 1. The van der Waals surface area contributed by atoms with Crippen LogP contribution >= 0.6 is 0 Å². The van der Waals surface area contributed by atoms with Crippen molar-refractivity contribution in [3.63, 3.8) is 0 Å². The Morgan fingerprint density at radius 3 is 2.25 bits per heavy atom. The van der Waals surface area contributed by atoms with Gasteiger partial charge in [-0.25, -0.2) is 0 Å². The van der Waals surface area contributed by atoms with Gasteiger partial charge in [0.15, 0.2) is 0 Å². The minimum atomic E-state index is -0.163. The Hall–Kier alpha value is -0.530. The number of ether oxygens (including phenoxy) is 1. The molecule has 0 spiro atoms. The van der Waals surface area contributed by atoms with Gasteiger partial charge in [0.1, 0.15) is 0 Å². The second-order valence-electron chi connectivity index (χ2n) is 3.11. The van der Waals surface area contributed by atoms with E-state index in [9.17, 15) is 4.79 Å². The number of esters is 1. The van der Waals surface area contributed by atoms with Crippen molar-refractivity contribution < 1.29 is 9.53 Å². The van der Waals surface area contributed by atoms with Crippen LogP contribution in [0.1, 0.15) is 52.4 Å². The normalized spacial score (nSPS) is 9.83. The van der Waals surface area contributed by atoms with Crippen LogP contribution in [-0.4, -0.2) is 12.6 Å². The van der Waals surface area contributed by atoms with E-state index in [1.165, 1.54) is 39.0 Å². The summed E-state index contributed by atoms with van der Waals surface area (Å²) in [6.07, 6.45) is 7.40. The van der Waals surface area contributed by atoms with Crippen LogP contribution < -0.4 is 0 Å². The second kappa shape index (κ2) is 8.57. The fraction of sp³-hybridized carbons (Fsp3) is 0.900. The lowest BCUT2D eigenvalue weighted by molar-refractivity contribution is -0.141. The van der Waals surface area contributed by atoms with E-state index in [-0.39, 0.29) is 5.97 Å². The molecule has 0 unspecified atom stereocenters. The Morgan fingerprint density at radius 1 is 1.08 bits per heavy atom. The monoisotopic (exact) mass is 173 g/mol. The van der Waals surface area contributed by atoms with Gasteiger partial charge in [-0.05, 0) is 6.42 Å². The van der Waals surface area contributed by atoms with E-state index in [0.29, 0.717) is 6.61 Å². The molecule has 0 bridgehead atoms. The van der Waals surface area contributed by atoms with Crippen LogP contribution in [0.3, 0.4) is 0 Å². The zero-order chi connectivity index (χ0) is 9.23. The molecule has 72 valence electrons. The third-order valence-electron chi connectivity index (χ3n) is 1.80. The first kappa shape index (κ1) is 11.5. The molecule has 2 nitrogen and oxygen atoms in total. The van der Waals surface area contributed by atoms with Crippen molar-refractivity contribution in [2.45, 2.75) is 52.4 Å². The fourth-order valence-corrected chi connectivity index (χ4v) is 1.10. The van der Waals surface area contributed by atoms with Gasteiger partial charge >= 0.3 is 5.97 Å². The van der Waals surface area contributed by atoms with Gasteiger partial charge in [0.05, 0.1) is 6.61 Å². The Kier molecular flexibility index (Phi) is 8.19. The van der Waals surface area contributed by atoms with Crippen molar-refractivity contribution in [1.29, 1.82) is 0 Å². The minimum Gasteiger partial charge on any atom is -0.466 e. The smallest absolute Gasteiger partial charge is 0.302 e. The highest BCUT2D eigenvalue weighted by molar-refractivity contribution is 5.65. The predicted octanol–water partition coefficient (Wildman–Crippen LogP) is 2.91. The largest absolute Gasteiger partial charge is 0.466 e. The number of carbonyl (C=O) groups is 1. The summed E-state index contributed by atoms with van der Waals surface area (Å²) in [4.78, 5) is 10.4. The average Bonchev–Trinajstić information content (AvgIpc) is 2.02. The first-order chi connectivity index (χ1) is 5.77. The third kappa shape index (κ3) is 9.47. The summed E-state index contributed by atoms with van der Waals surface area (Å²) in [5.74, 6) is -0.163. The van der Waals surface area contributed by atoms with E-state index in [1.807, 2.05) is 0 Å².